The lowest BCUT2D eigenvalue weighted by Crippen LogP contribution is -2.42. The Hall–Kier alpha value is -0.260. The summed E-state index contributed by atoms with van der Waals surface area (Å²) in [5, 5.41) is 0.659. The number of hydrogen-bond acceptors (Lipinski definition) is 5. The fraction of sp³-hybridized carbons (Fsp3) is 0.933. The Morgan fingerprint density at radius 1 is 1.45 bits per heavy atom. The van der Waals surface area contributed by atoms with Crippen LogP contribution in [0.2, 0.25) is 0 Å². The highest BCUT2D eigenvalue weighted by atomic mass is 32.2. The van der Waals surface area contributed by atoms with Crippen LogP contribution in [0.15, 0.2) is 0 Å². The molecule has 2 aliphatic rings. The van der Waals surface area contributed by atoms with E-state index in [4.69, 9.17) is 10.5 Å². The fourth-order valence-electron chi connectivity index (χ4n) is 3.30. The van der Waals surface area contributed by atoms with Gasteiger partial charge in [-0.15, -0.1) is 0 Å². The molecule has 1 aliphatic carbocycles. The molecule has 0 aromatic heterocycles. The molecule has 0 radical (unpaired) electrons. The van der Waals surface area contributed by atoms with Gasteiger partial charge in [-0.05, 0) is 37.9 Å². The first kappa shape index (κ1) is 16.1. The molecule has 1 saturated carbocycles. The van der Waals surface area contributed by atoms with E-state index in [9.17, 15) is 4.79 Å². The molecule has 2 N–H and O–H groups in total. The first-order chi connectivity index (χ1) is 9.65. The molecule has 2 rings (SSSR count). The highest BCUT2D eigenvalue weighted by molar-refractivity contribution is 7.99. The molecule has 2 unspecified atom stereocenters. The number of nitrogens with two attached hydrogens (primary N) is 1. The average molecular weight is 301 g/mol. The quantitative estimate of drug-likeness (QED) is 0.791. The van der Waals surface area contributed by atoms with Gasteiger partial charge in [-0.25, -0.2) is 0 Å². The molecule has 1 saturated heterocycles. The van der Waals surface area contributed by atoms with Gasteiger partial charge >= 0.3 is 5.97 Å². The summed E-state index contributed by atoms with van der Waals surface area (Å²) in [5.41, 5.74) is 5.93. The molecule has 1 heterocycles. The Morgan fingerprint density at radius 2 is 2.20 bits per heavy atom. The van der Waals surface area contributed by atoms with Crippen molar-refractivity contribution in [3.8, 4) is 0 Å². The summed E-state index contributed by atoms with van der Waals surface area (Å²) < 4.78 is 10.8. The van der Waals surface area contributed by atoms with Crippen LogP contribution in [0.5, 0.6) is 0 Å². The van der Waals surface area contributed by atoms with Gasteiger partial charge in [0.2, 0.25) is 0 Å². The van der Waals surface area contributed by atoms with Gasteiger partial charge in [0, 0.05) is 11.9 Å². The van der Waals surface area contributed by atoms with E-state index in [2.05, 4.69) is 4.74 Å². The molecular weight excluding hydrogens is 274 g/mol. The number of carbonyl (C=O) groups is 1. The SMILES string of the molecule is COC(=O)C(N)CCSC1CCOC2(CCCCC2)C1. The van der Waals surface area contributed by atoms with Crippen molar-refractivity contribution in [1.82, 2.24) is 0 Å². The maximum absolute atomic E-state index is 11.3. The molecule has 5 heteroatoms. The Balaban J connectivity index is 1.72. The van der Waals surface area contributed by atoms with Crippen molar-refractivity contribution in [3.63, 3.8) is 0 Å². The van der Waals surface area contributed by atoms with Gasteiger partial charge in [0.05, 0.1) is 12.7 Å². The lowest BCUT2D eigenvalue weighted by atomic mass is 9.80. The summed E-state index contributed by atoms with van der Waals surface area (Å²) in [6.07, 6.45) is 9.43. The van der Waals surface area contributed by atoms with E-state index in [1.165, 1.54) is 45.6 Å². The summed E-state index contributed by atoms with van der Waals surface area (Å²) in [5.74, 6) is 0.623. The van der Waals surface area contributed by atoms with Crippen molar-refractivity contribution in [2.75, 3.05) is 19.5 Å². The van der Waals surface area contributed by atoms with Crippen LogP contribution in [0.1, 0.15) is 51.4 Å². The van der Waals surface area contributed by atoms with E-state index in [0.29, 0.717) is 11.7 Å². The highest BCUT2D eigenvalue weighted by Gasteiger charge is 2.38. The Bertz CT molecular complexity index is 313. The molecule has 0 aromatic carbocycles. The highest BCUT2D eigenvalue weighted by Crippen LogP contribution is 2.41. The zero-order valence-corrected chi connectivity index (χ0v) is 13.3. The molecule has 0 amide bonds. The summed E-state index contributed by atoms with van der Waals surface area (Å²) in [7, 11) is 1.39. The van der Waals surface area contributed by atoms with Crippen molar-refractivity contribution in [1.29, 1.82) is 0 Å². The minimum Gasteiger partial charge on any atom is -0.468 e. The monoisotopic (exact) mass is 301 g/mol. The minimum atomic E-state index is -0.476. The van der Waals surface area contributed by atoms with Crippen LogP contribution in [0.25, 0.3) is 0 Å². The first-order valence-corrected chi connectivity index (χ1v) is 8.79. The van der Waals surface area contributed by atoms with Crippen LogP contribution >= 0.6 is 11.8 Å². The number of hydrogen-bond donors (Lipinski definition) is 1. The van der Waals surface area contributed by atoms with Crippen molar-refractivity contribution in [3.05, 3.63) is 0 Å². The molecule has 1 spiro atoms. The van der Waals surface area contributed by atoms with Crippen molar-refractivity contribution in [2.45, 2.75) is 68.3 Å². The second-order valence-corrected chi connectivity index (χ2v) is 7.40. The Morgan fingerprint density at radius 3 is 2.90 bits per heavy atom. The molecule has 116 valence electrons. The van der Waals surface area contributed by atoms with Gasteiger partial charge in [-0.2, -0.15) is 11.8 Å². The summed E-state index contributed by atoms with van der Waals surface area (Å²) >= 11 is 1.95. The third-order valence-electron chi connectivity index (χ3n) is 4.50. The molecule has 4 nitrogen and oxygen atoms in total. The van der Waals surface area contributed by atoms with Gasteiger partial charge in [0.15, 0.2) is 0 Å². The Kier molecular flexibility index (Phi) is 6.18. The van der Waals surface area contributed by atoms with Gasteiger partial charge in [-0.3, -0.25) is 4.79 Å². The van der Waals surface area contributed by atoms with Crippen LogP contribution < -0.4 is 5.73 Å². The van der Waals surface area contributed by atoms with E-state index in [1.54, 1.807) is 0 Å². The van der Waals surface area contributed by atoms with Crippen molar-refractivity contribution in [2.24, 2.45) is 5.73 Å². The lowest BCUT2D eigenvalue weighted by molar-refractivity contribution is -0.142. The predicted molar refractivity (Wildman–Crippen MR) is 81.9 cm³/mol. The van der Waals surface area contributed by atoms with Gasteiger partial charge in [0.25, 0.3) is 0 Å². The lowest BCUT2D eigenvalue weighted by Gasteiger charge is -2.43. The minimum absolute atomic E-state index is 0.165. The topological polar surface area (TPSA) is 61.5 Å². The van der Waals surface area contributed by atoms with Gasteiger partial charge in [-0.1, -0.05) is 19.3 Å². The van der Waals surface area contributed by atoms with Gasteiger partial charge in [0.1, 0.15) is 6.04 Å². The summed E-state index contributed by atoms with van der Waals surface area (Å²) in [6.45, 7) is 0.890. The zero-order chi connectivity index (χ0) is 14.4. The van der Waals surface area contributed by atoms with E-state index in [1.807, 2.05) is 11.8 Å². The number of methoxy groups -OCH3 is 1. The van der Waals surface area contributed by atoms with E-state index < -0.39 is 6.04 Å². The molecule has 0 aromatic rings. The molecule has 1 aliphatic heterocycles. The number of rotatable bonds is 5. The molecule has 2 atom stereocenters. The second kappa shape index (κ2) is 7.66. The van der Waals surface area contributed by atoms with Gasteiger partial charge < -0.3 is 15.2 Å². The van der Waals surface area contributed by atoms with E-state index >= 15 is 0 Å². The molecule has 20 heavy (non-hydrogen) atoms. The predicted octanol–water partition coefficient (Wildman–Crippen LogP) is 2.49. The van der Waals surface area contributed by atoms with Crippen molar-refractivity contribution < 1.29 is 14.3 Å². The number of carbonyl (C=O) groups excluding carboxylic acids is 1. The van der Waals surface area contributed by atoms with Crippen LogP contribution in [0, 0.1) is 0 Å². The zero-order valence-electron chi connectivity index (χ0n) is 12.4. The molecule has 0 bridgehead atoms. The molecule has 2 fully saturated rings. The summed E-state index contributed by atoms with van der Waals surface area (Å²) in [6, 6.07) is -0.476. The smallest absolute Gasteiger partial charge is 0.322 e. The second-order valence-electron chi connectivity index (χ2n) is 6.00. The standard InChI is InChI=1S/C15H27NO3S/c1-18-14(17)13(16)6-10-20-12-5-9-19-15(11-12)7-3-2-4-8-15/h12-13H,2-11,16H2,1H3. The third kappa shape index (κ3) is 4.37. The van der Waals surface area contributed by atoms with E-state index in [0.717, 1.165) is 18.8 Å². The fourth-order valence-corrected chi connectivity index (χ4v) is 4.71. The van der Waals surface area contributed by atoms with Crippen LogP contribution in [-0.4, -0.2) is 42.3 Å². The number of ether oxygens (including phenoxy) is 2. The van der Waals surface area contributed by atoms with Crippen LogP contribution in [0.4, 0.5) is 0 Å². The van der Waals surface area contributed by atoms with Crippen LogP contribution in [-0.2, 0) is 14.3 Å². The largest absolute Gasteiger partial charge is 0.468 e. The maximum Gasteiger partial charge on any atom is 0.322 e. The van der Waals surface area contributed by atoms with Crippen LogP contribution in [0.3, 0.4) is 0 Å². The third-order valence-corrected chi connectivity index (χ3v) is 5.84. The Labute approximate surface area is 126 Å². The van der Waals surface area contributed by atoms with E-state index in [-0.39, 0.29) is 11.6 Å². The first-order valence-electron chi connectivity index (χ1n) is 7.74. The molecular formula is C15H27NO3S. The number of esters is 1. The maximum atomic E-state index is 11.3. The average Bonchev–Trinajstić information content (AvgIpc) is 2.47. The normalized spacial score (nSPS) is 27.2. The van der Waals surface area contributed by atoms with Crippen molar-refractivity contribution >= 4 is 17.7 Å². The number of thioether (sulfide) groups is 1. The summed E-state index contributed by atoms with van der Waals surface area (Å²) in [4.78, 5) is 11.3.